The van der Waals surface area contributed by atoms with Gasteiger partial charge in [0.2, 0.25) is 11.8 Å². The lowest BCUT2D eigenvalue weighted by atomic mass is 10.1. The number of carbonyl (C=O) groups excluding carboxylic acids is 2. The minimum absolute atomic E-state index is 0.0681. The SMILES string of the molecule is CCOc1ccc(N(CC(=O)N(Cc2cccc(Br)c2)[C@@H](C)C(=O)NC(C)C)S(=O)(=O)c2ccc(F)cc2)cc1. The van der Waals surface area contributed by atoms with Crippen LogP contribution in [0.1, 0.15) is 33.3 Å². The quantitative estimate of drug-likeness (QED) is 0.299. The highest BCUT2D eigenvalue weighted by Gasteiger charge is 2.32. The molecule has 0 aliphatic rings. The van der Waals surface area contributed by atoms with Gasteiger partial charge in [0, 0.05) is 17.1 Å². The molecule has 214 valence electrons. The van der Waals surface area contributed by atoms with Crippen LogP contribution in [0.5, 0.6) is 5.75 Å². The highest BCUT2D eigenvalue weighted by Crippen LogP contribution is 2.27. The summed E-state index contributed by atoms with van der Waals surface area (Å²) in [4.78, 5) is 28.0. The molecule has 3 aromatic rings. The number of rotatable bonds is 12. The number of anilines is 1. The van der Waals surface area contributed by atoms with Crippen LogP contribution >= 0.6 is 15.9 Å². The molecule has 0 unspecified atom stereocenters. The molecule has 0 radical (unpaired) electrons. The molecule has 1 N–H and O–H groups in total. The van der Waals surface area contributed by atoms with E-state index in [0.717, 1.165) is 38.6 Å². The third-order valence-electron chi connectivity index (χ3n) is 5.96. The third kappa shape index (κ3) is 8.04. The third-order valence-corrected chi connectivity index (χ3v) is 8.24. The van der Waals surface area contributed by atoms with E-state index in [1.54, 1.807) is 19.1 Å². The number of carbonyl (C=O) groups is 2. The van der Waals surface area contributed by atoms with Gasteiger partial charge in [0.15, 0.2) is 0 Å². The first-order valence-electron chi connectivity index (χ1n) is 12.8. The lowest BCUT2D eigenvalue weighted by Crippen LogP contribution is -2.52. The minimum atomic E-state index is -4.30. The zero-order valence-electron chi connectivity index (χ0n) is 22.8. The summed E-state index contributed by atoms with van der Waals surface area (Å²) in [7, 11) is -4.30. The van der Waals surface area contributed by atoms with Crippen molar-refractivity contribution in [3.05, 3.63) is 88.6 Å². The summed E-state index contributed by atoms with van der Waals surface area (Å²) in [6.07, 6.45) is 0. The Hall–Kier alpha value is -3.44. The lowest BCUT2D eigenvalue weighted by Gasteiger charge is -2.32. The number of ether oxygens (including phenoxy) is 1. The summed E-state index contributed by atoms with van der Waals surface area (Å²) >= 11 is 3.43. The van der Waals surface area contributed by atoms with E-state index >= 15 is 0 Å². The fraction of sp³-hybridized carbons (Fsp3) is 0.310. The average molecular weight is 635 g/mol. The molecule has 2 amide bonds. The van der Waals surface area contributed by atoms with E-state index in [0.29, 0.717) is 12.4 Å². The summed E-state index contributed by atoms with van der Waals surface area (Å²) in [6.45, 7) is 6.95. The van der Waals surface area contributed by atoms with E-state index in [2.05, 4.69) is 21.2 Å². The number of amides is 2. The van der Waals surface area contributed by atoms with Crippen molar-refractivity contribution in [1.29, 1.82) is 0 Å². The van der Waals surface area contributed by atoms with E-state index in [9.17, 15) is 22.4 Å². The molecule has 0 spiro atoms. The smallest absolute Gasteiger partial charge is 0.264 e. The van der Waals surface area contributed by atoms with Crippen LogP contribution in [0.3, 0.4) is 0 Å². The van der Waals surface area contributed by atoms with E-state index in [1.165, 1.54) is 17.0 Å². The van der Waals surface area contributed by atoms with E-state index in [-0.39, 0.29) is 29.1 Å². The fourth-order valence-corrected chi connectivity index (χ4v) is 5.82. The number of hydrogen-bond acceptors (Lipinski definition) is 5. The van der Waals surface area contributed by atoms with E-state index in [1.807, 2.05) is 45.0 Å². The Balaban J connectivity index is 2.03. The molecule has 0 aliphatic carbocycles. The van der Waals surface area contributed by atoms with Crippen LogP contribution in [0.15, 0.2) is 82.2 Å². The van der Waals surface area contributed by atoms with Gasteiger partial charge in [-0.3, -0.25) is 13.9 Å². The summed E-state index contributed by atoms with van der Waals surface area (Å²) < 4.78 is 48.4. The van der Waals surface area contributed by atoms with Crippen LogP contribution in [0.2, 0.25) is 0 Å². The van der Waals surface area contributed by atoms with Gasteiger partial charge < -0.3 is 15.0 Å². The van der Waals surface area contributed by atoms with Crippen LogP contribution in [-0.4, -0.2) is 50.4 Å². The second kappa shape index (κ2) is 13.8. The second-order valence-corrected chi connectivity index (χ2v) is 12.2. The maximum Gasteiger partial charge on any atom is 0.264 e. The molecule has 0 bridgehead atoms. The Labute approximate surface area is 243 Å². The van der Waals surface area contributed by atoms with Gasteiger partial charge in [-0.1, -0.05) is 28.1 Å². The first-order valence-corrected chi connectivity index (χ1v) is 15.0. The molecule has 0 aromatic heterocycles. The van der Waals surface area contributed by atoms with Crippen molar-refractivity contribution in [3.8, 4) is 5.75 Å². The molecule has 40 heavy (non-hydrogen) atoms. The zero-order valence-corrected chi connectivity index (χ0v) is 25.2. The number of sulfonamides is 1. The van der Waals surface area contributed by atoms with Crippen molar-refractivity contribution in [1.82, 2.24) is 10.2 Å². The Morgan fingerprint density at radius 1 is 1.00 bits per heavy atom. The van der Waals surface area contributed by atoms with Gasteiger partial charge in [-0.25, -0.2) is 12.8 Å². The van der Waals surface area contributed by atoms with E-state index < -0.39 is 34.3 Å². The van der Waals surface area contributed by atoms with Gasteiger partial charge >= 0.3 is 0 Å². The normalized spacial score (nSPS) is 12.1. The molecule has 0 saturated heterocycles. The number of halogens is 2. The lowest BCUT2D eigenvalue weighted by molar-refractivity contribution is -0.139. The van der Waals surface area contributed by atoms with Crippen molar-refractivity contribution >= 4 is 43.5 Å². The maximum absolute atomic E-state index is 13.9. The number of nitrogens with one attached hydrogen (secondary N) is 1. The van der Waals surface area contributed by atoms with Gasteiger partial charge in [-0.2, -0.15) is 0 Å². The van der Waals surface area contributed by atoms with Crippen LogP contribution in [-0.2, 0) is 26.2 Å². The first-order chi connectivity index (χ1) is 18.9. The summed E-state index contributed by atoms with van der Waals surface area (Å²) in [5, 5.41) is 2.82. The van der Waals surface area contributed by atoms with Crippen molar-refractivity contribution in [2.24, 2.45) is 0 Å². The van der Waals surface area contributed by atoms with Gasteiger partial charge in [0.1, 0.15) is 24.2 Å². The second-order valence-electron chi connectivity index (χ2n) is 9.38. The average Bonchev–Trinajstić information content (AvgIpc) is 2.90. The zero-order chi connectivity index (χ0) is 29.4. The molecule has 0 aliphatic heterocycles. The van der Waals surface area contributed by atoms with Crippen molar-refractivity contribution in [3.63, 3.8) is 0 Å². The van der Waals surface area contributed by atoms with Crippen molar-refractivity contribution < 1.29 is 27.1 Å². The predicted octanol–water partition coefficient (Wildman–Crippen LogP) is 5.12. The van der Waals surface area contributed by atoms with E-state index in [4.69, 9.17) is 4.74 Å². The topological polar surface area (TPSA) is 96.0 Å². The van der Waals surface area contributed by atoms with Gasteiger partial charge in [0.25, 0.3) is 10.0 Å². The Morgan fingerprint density at radius 2 is 1.65 bits per heavy atom. The monoisotopic (exact) mass is 633 g/mol. The predicted molar refractivity (Wildman–Crippen MR) is 156 cm³/mol. The highest BCUT2D eigenvalue weighted by molar-refractivity contribution is 9.10. The number of nitrogens with zero attached hydrogens (tertiary/aromatic N) is 2. The van der Waals surface area contributed by atoms with Gasteiger partial charge in [-0.05, 0) is 93.9 Å². The summed E-state index contributed by atoms with van der Waals surface area (Å²) in [6, 6.07) is 16.9. The molecule has 0 fully saturated rings. The largest absolute Gasteiger partial charge is 0.494 e. The molecule has 1 atom stereocenters. The fourth-order valence-electron chi connectivity index (χ4n) is 3.96. The molecule has 3 rings (SSSR count). The van der Waals surface area contributed by atoms with Gasteiger partial charge in [0.05, 0.1) is 17.2 Å². The molecular formula is C29H33BrFN3O5S. The Kier molecular flexibility index (Phi) is 10.7. The standard InChI is InChI=1S/C29H33BrFN3O5S/c1-5-39-26-13-11-25(12-14-26)34(40(37,38)27-15-9-24(31)10-16-27)19-28(35)33(21(4)29(36)32-20(2)3)18-22-7-6-8-23(30)17-22/h6-17,20-21H,5,18-19H2,1-4H3,(H,32,36)/t21-/m0/s1. The molecule has 3 aromatic carbocycles. The van der Waals surface area contributed by atoms with Crippen LogP contribution in [0.25, 0.3) is 0 Å². The summed E-state index contributed by atoms with van der Waals surface area (Å²) in [5.74, 6) is -1.02. The van der Waals surface area contributed by atoms with Crippen LogP contribution < -0.4 is 14.4 Å². The Morgan fingerprint density at radius 3 is 2.23 bits per heavy atom. The highest BCUT2D eigenvalue weighted by atomic mass is 79.9. The van der Waals surface area contributed by atoms with Crippen LogP contribution in [0.4, 0.5) is 10.1 Å². The minimum Gasteiger partial charge on any atom is -0.494 e. The Bertz CT molecular complexity index is 1420. The summed E-state index contributed by atoms with van der Waals surface area (Å²) in [5.41, 5.74) is 0.962. The van der Waals surface area contributed by atoms with Crippen LogP contribution in [0, 0.1) is 5.82 Å². The molecule has 0 saturated carbocycles. The molecule has 8 nitrogen and oxygen atoms in total. The molecule has 0 heterocycles. The number of hydrogen-bond donors (Lipinski definition) is 1. The molecule has 11 heteroatoms. The maximum atomic E-state index is 13.9. The molecular weight excluding hydrogens is 601 g/mol. The van der Waals surface area contributed by atoms with Gasteiger partial charge in [-0.15, -0.1) is 0 Å². The first kappa shape index (κ1) is 31.1. The van der Waals surface area contributed by atoms with Crippen molar-refractivity contribution in [2.45, 2.75) is 51.2 Å². The van der Waals surface area contributed by atoms with Crippen molar-refractivity contribution in [2.75, 3.05) is 17.5 Å². The number of benzene rings is 3.